The fraction of sp³-hybridized carbons (Fsp3) is 0.629. The number of nitrogens with zero attached hydrogens (tertiary/aromatic N) is 1. The number of nitriles is 1. The topological polar surface area (TPSA) is 51.5 Å². The molecular formula is C35H43F4NO3. The Kier molecular flexibility index (Phi) is 10.7. The van der Waals surface area contributed by atoms with Crippen molar-refractivity contribution in [2.45, 2.75) is 96.4 Å². The highest BCUT2D eigenvalue weighted by molar-refractivity contribution is 5.66. The molecule has 0 atom stereocenters. The zero-order valence-corrected chi connectivity index (χ0v) is 25.0. The highest BCUT2D eigenvalue weighted by atomic mass is 19.3. The summed E-state index contributed by atoms with van der Waals surface area (Å²) in [6, 6.07) is 8.85. The fourth-order valence-electron chi connectivity index (χ4n) is 7.24. The minimum absolute atomic E-state index is 0.0318. The second-order valence-corrected chi connectivity index (χ2v) is 12.8. The lowest BCUT2D eigenvalue weighted by Gasteiger charge is -2.41. The van der Waals surface area contributed by atoms with Crippen LogP contribution in [0.2, 0.25) is 0 Å². The van der Waals surface area contributed by atoms with Gasteiger partial charge in [0.1, 0.15) is 23.5 Å². The molecular weight excluding hydrogens is 558 g/mol. The molecule has 0 spiro atoms. The highest BCUT2D eigenvalue weighted by Gasteiger charge is 2.46. The standard InChI is InChI=1S/C35H43F4NO3/c1-2-3-4-5-23-6-8-24(9-7-23)28-21-41-34(42-22-28)25-12-14-29(15-13-25)35(38,39)43-30-16-17-31(33(37)19-30)26-10-11-27(20-40)32(36)18-26/h10-11,16-19,23-25,28-29,34H,2-9,12-15,21-22H2,1H3. The quantitative estimate of drug-likeness (QED) is 0.201. The number of ether oxygens (including phenoxy) is 3. The first kappa shape index (κ1) is 31.8. The van der Waals surface area contributed by atoms with Gasteiger partial charge in [-0.1, -0.05) is 51.5 Å². The van der Waals surface area contributed by atoms with Gasteiger partial charge in [-0.15, -0.1) is 0 Å². The van der Waals surface area contributed by atoms with Crippen LogP contribution in [0, 0.1) is 52.6 Å². The Morgan fingerprint density at radius 3 is 2.16 bits per heavy atom. The van der Waals surface area contributed by atoms with Crippen LogP contribution in [0.5, 0.6) is 5.75 Å². The van der Waals surface area contributed by atoms with Gasteiger partial charge in [-0.25, -0.2) is 8.78 Å². The van der Waals surface area contributed by atoms with Gasteiger partial charge in [0.2, 0.25) is 0 Å². The van der Waals surface area contributed by atoms with Crippen molar-refractivity contribution in [2.24, 2.45) is 29.6 Å². The summed E-state index contributed by atoms with van der Waals surface area (Å²) < 4.78 is 76.4. The van der Waals surface area contributed by atoms with Gasteiger partial charge >= 0.3 is 6.11 Å². The summed E-state index contributed by atoms with van der Waals surface area (Å²) in [5.74, 6) is -0.857. The van der Waals surface area contributed by atoms with E-state index in [-0.39, 0.29) is 47.5 Å². The molecule has 1 aliphatic heterocycles. The average Bonchev–Trinajstić information content (AvgIpc) is 3.01. The van der Waals surface area contributed by atoms with Crippen LogP contribution in [0.25, 0.3) is 11.1 Å². The van der Waals surface area contributed by atoms with Crippen molar-refractivity contribution < 1.29 is 31.8 Å². The Morgan fingerprint density at radius 2 is 1.53 bits per heavy atom. The number of hydrogen-bond acceptors (Lipinski definition) is 4. The first-order chi connectivity index (χ1) is 20.8. The van der Waals surface area contributed by atoms with Crippen LogP contribution < -0.4 is 4.74 Å². The summed E-state index contributed by atoms with van der Waals surface area (Å²) >= 11 is 0. The summed E-state index contributed by atoms with van der Waals surface area (Å²) in [6.07, 6.45) is 8.25. The smallest absolute Gasteiger partial charge is 0.400 e. The van der Waals surface area contributed by atoms with Crippen molar-refractivity contribution in [3.05, 3.63) is 53.6 Å². The average molecular weight is 602 g/mol. The highest BCUT2D eigenvalue weighted by Crippen LogP contribution is 2.43. The van der Waals surface area contributed by atoms with E-state index < -0.39 is 23.7 Å². The van der Waals surface area contributed by atoms with Crippen LogP contribution in [0.1, 0.15) is 89.5 Å². The first-order valence-electron chi connectivity index (χ1n) is 16.1. The fourth-order valence-corrected chi connectivity index (χ4v) is 7.24. The molecule has 4 nitrogen and oxygen atoms in total. The Morgan fingerprint density at radius 1 is 0.837 bits per heavy atom. The molecule has 234 valence electrons. The molecule has 2 aromatic carbocycles. The second kappa shape index (κ2) is 14.4. The van der Waals surface area contributed by atoms with E-state index in [1.54, 1.807) is 6.07 Å². The van der Waals surface area contributed by atoms with Crippen molar-refractivity contribution in [3.63, 3.8) is 0 Å². The van der Waals surface area contributed by atoms with Crippen LogP contribution in [0.4, 0.5) is 17.6 Å². The Hall–Kier alpha value is -2.63. The monoisotopic (exact) mass is 601 g/mol. The molecule has 2 aliphatic carbocycles. The maximum absolute atomic E-state index is 15.1. The van der Waals surface area contributed by atoms with Crippen molar-refractivity contribution in [3.8, 4) is 22.9 Å². The molecule has 3 aliphatic rings. The van der Waals surface area contributed by atoms with Crippen LogP contribution in [-0.2, 0) is 9.47 Å². The molecule has 43 heavy (non-hydrogen) atoms. The zero-order valence-electron chi connectivity index (χ0n) is 25.0. The normalized spacial score (nSPS) is 28.3. The minimum atomic E-state index is -3.46. The summed E-state index contributed by atoms with van der Waals surface area (Å²) in [5.41, 5.74) is 0.0773. The third kappa shape index (κ3) is 7.91. The van der Waals surface area contributed by atoms with Gasteiger partial charge in [0, 0.05) is 23.5 Å². The minimum Gasteiger partial charge on any atom is -0.432 e. The molecule has 0 aromatic heterocycles. The lowest BCUT2D eigenvalue weighted by atomic mass is 9.74. The van der Waals surface area contributed by atoms with E-state index in [2.05, 4.69) is 6.92 Å². The van der Waals surface area contributed by atoms with E-state index in [1.807, 2.05) is 0 Å². The van der Waals surface area contributed by atoms with E-state index in [4.69, 9.17) is 19.5 Å². The van der Waals surface area contributed by atoms with E-state index in [0.29, 0.717) is 37.9 Å². The van der Waals surface area contributed by atoms with E-state index in [9.17, 15) is 8.78 Å². The molecule has 1 saturated heterocycles. The SMILES string of the molecule is CCCCCC1CCC(C2COC(C3CCC(C(F)(F)Oc4ccc(-c5ccc(C#N)c(F)c5)c(F)c4)CC3)OC2)CC1. The predicted molar refractivity (Wildman–Crippen MR) is 156 cm³/mol. The lowest BCUT2D eigenvalue weighted by molar-refractivity contribution is -0.251. The summed E-state index contributed by atoms with van der Waals surface area (Å²) in [7, 11) is 0. The van der Waals surface area contributed by atoms with Crippen molar-refractivity contribution >= 4 is 0 Å². The largest absolute Gasteiger partial charge is 0.432 e. The van der Waals surface area contributed by atoms with Crippen molar-refractivity contribution in [1.82, 2.24) is 0 Å². The Labute approximate surface area is 252 Å². The molecule has 5 rings (SSSR count). The van der Waals surface area contributed by atoms with Crippen LogP contribution in [0.15, 0.2) is 36.4 Å². The Bertz CT molecular complexity index is 1240. The molecule has 2 aromatic rings. The van der Waals surface area contributed by atoms with E-state index in [0.717, 1.165) is 18.1 Å². The third-order valence-corrected chi connectivity index (χ3v) is 9.95. The molecule has 0 radical (unpaired) electrons. The van der Waals surface area contributed by atoms with Gasteiger partial charge < -0.3 is 14.2 Å². The van der Waals surface area contributed by atoms with E-state index in [1.165, 1.54) is 75.6 Å². The number of alkyl halides is 2. The van der Waals surface area contributed by atoms with Gasteiger partial charge in [-0.2, -0.15) is 14.0 Å². The number of rotatable bonds is 10. The van der Waals surface area contributed by atoms with Gasteiger partial charge in [0.05, 0.1) is 24.7 Å². The molecule has 0 N–H and O–H groups in total. The summed E-state index contributed by atoms with van der Waals surface area (Å²) in [5, 5.41) is 8.89. The molecule has 0 bridgehead atoms. The molecule has 8 heteroatoms. The predicted octanol–water partition coefficient (Wildman–Crippen LogP) is 9.66. The van der Waals surface area contributed by atoms with Crippen LogP contribution >= 0.6 is 0 Å². The van der Waals surface area contributed by atoms with Crippen molar-refractivity contribution in [2.75, 3.05) is 13.2 Å². The lowest BCUT2D eigenvalue weighted by Crippen LogP contribution is -2.43. The summed E-state index contributed by atoms with van der Waals surface area (Å²) in [6.45, 7) is 3.62. The van der Waals surface area contributed by atoms with Gasteiger partial charge in [-0.05, 0) is 80.2 Å². The number of unbranched alkanes of at least 4 members (excludes halogenated alkanes) is 2. The zero-order chi connectivity index (χ0) is 30.4. The van der Waals surface area contributed by atoms with E-state index >= 15 is 8.78 Å². The summed E-state index contributed by atoms with van der Waals surface area (Å²) in [4.78, 5) is 0. The second-order valence-electron chi connectivity index (χ2n) is 12.8. The number of benzene rings is 2. The third-order valence-electron chi connectivity index (χ3n) is 9.95. The molecule has 0 amide bonds. The van der Waals surface area contributed by atoms with Gasteiger partial charge in [-0.3, -0.25) is 0 Å². The van der Waals surface area contributed by atoms with Crippen LogP contribution in [0.3, 0.4) is 0 Å². The molecule has 0 unspecified atom stereocenters. The Balaban J connectivity index is 1.07. The van der Waals surface area contributed by atoms with Gasteiger partial charge in [0.15, 0.2) is 6.29 Å². The maximum atomic E-state index is 15.1. The number of halogens is 4. The molecule has 1 heterocycles. The number of hydrogen-bond donors (Lipinski definition) is 0. The molecule has 2 saturated carbocycles. The molecule has 3 fully saturated rings. The maximum Gasteiger partial charge on any atom is 0.400 e. The first-order valence-corrected chi connectivity index (χ1v) is 16.1. The van der Waals surface area contributed by atoms with Gasteiger partial charge in [0.25, 0.3) is 0 Å². The van der Waals surface area contributed by atoms with Crippen molar-refractivity contribution in [1.29, 1.82) is 5.26 Å². The van der Waals surface area contributed by atoms with Crippen LogP contribution in [-0.4, -0.2) is 25.6 Å².